The van der Waals surface area contributed by atoms with E-state index in [9.17, 15) is 27.6 Å². The van der Waals surface area contributed by atoms with E-state index < -0.39 is 24.0 Å². The summed E-state index contributed by atoms with van der Waals surface area (Å²) < 4.78 is 40.3. The number of nitrogens with two attached hydrogens (primary N) is 1. The Bertz CT molecular complexity index is 1300. The van der Waals surface area contributed by atoms with Gasteiger partial charge in [0, 0.05) is 47.1 Å². The molecular formula is C29H34F3N5O3. The van der Waals surface area contributed by atoms with Gasteiger partial charge >= 0.3 is 6.18 Å². The van der Waals surface area contributed by atoms with Gasteiger partial charge in [-0.2, -0.15) is 13.2 Å². The van der Waals surface area contributed by atoms with Crippen molar-refractivity contribution in [3.63, 3.8) is 0 Å². The number of carbonyl (C=O) groups excluding carboxylic acids is 3. The van der Waals surface area contributed by atoms with Crippen LogP contribution >= 0.6 is 0 Å². The van der Waals surface area contributed by atoms with Crippen molar-refractivity contribution in [3.8, 4) is 0 Å². The standard InChI is InChI=1S/C29H34F3N5O3/c1-3-24(29(30,31)32)36-23-13-21(15(2)10-22(23)27(33)39)28(40)35-18-11-19-7-8-20(12-18)37(19)25-9-6-17(14-34-25)26(38)16-4-5-16/h6,9-10,13-14,16,18-20,24,36H,3-5,7-8,11-12H2,1-2H3,(H2,33,39)(H,35,40)/t18?,19-,20+,24?. The predicted molar refractivity (Wildman–Crippen MR) is 145 cm³/mol. The summed E-state index contributed by atoms with van der Waals surface area (Å²) in [6, 6.07) is 4.74. The maximum absolute atomic E-state index is 13.4. The minimum absolute atomic E-state index is 0.0968. The molecule has 5 rings (SSSR count). The van der Waals surface area contributed by atoms with Crippen molar-refractivity contribution in [1.82, 2.24) is 10.3 Å². The molecule has 0 radical (unpaired) electrons. The topological polar surface area (TPSA) is 117 Å². The number of anilines is 2. The van der Waals surface area contributed by atoms with Crippen LogP contribution in [0.15, 0.2) is 30.5 Å². The zero-order valence-corrected chi connectivity index (χ0v) is 22.6. The molecule has 2 amide bonds. The molecule has 214 valence electrons. The van der Waals surface area contributed by atoms with Gasteiger partial charge in [0.2, 0.25) is 0 Å². The average Bonchev–Trinajstić information content (AvgIpc) is 3.71. The molecule has 40 heavy (non-hydrogen) atoms. The lowest BCUT2D eigenvalue weighted by atomic mass is 9.95. The van der Waals surface area contributed by atoms with Crippen LogP contribution in [0.4, 0.5) is 24.7 Å². The summed E-state index contributed by atoms with van der Waals surface area (Å²) in [7, 11) is 0. The molecule has 2 bridgehead atoms. The highest BCUT2D eigenvalue weighted by molar-refractivity contribution is 6.03. The first-order chi connectivity index (χ1) is 19.0. The second-order valence-corrected chi connectivity index (χ2v) is 11.2. The smallest absolute Gasteiger partial charge is 0.373 e. The largest absolute Gasteiger partial charge is 0.408 e. The zero-order chi connectivity index (χ0) is 28.8. The minimum atomic E-state index is -4.54. The molecule has 2 unspecified atom stereocenters. The Labute approximate surface area is 230 Å². The highest BCUT2D eigenvalue weighted by atomic mass is 19.4. The van der Waals surface area contributed by atoms with Gasteiger partial charge in [-0.15, -0.1) is 0 Å². The highest BCUT2D eigenvalue weighted by Gasteiger charge is 2.42. The molecular weight excluding hydrogens is 523 g/mol. The normalized spacial score (nSPS) is 23.0. The molecule has 3 heterocycles. The number of halogens is 3. The van der Waals surface area contributed by atoms with Gasteiger partial charge in [0.25, 0.3) is 11.8 Å². The molecule has 4 N–H and O–H groups in total. The maximum atomic E-state index is 13.4. The number of rotatable bonds is 9. The molecule has 11 heteroatoms. The van der Waals surface area contributed by atoms with E-state index in [1.807, 2.05) is 12.1 Å². The van der Waals surface area contributed by atoms with Crippen LogP contribution in [0.1, 0.15) is 88.5 Å². The van der Waals surface area contributed by atoms with Crippen molar-refractivity contribution in [3.05, 3.63) is 52.7 Å². The Hall–Kier alpha value is -3.63. The number of aromatic nitrogens is 1. The Morgan fingerprint density at radius 3 is 2.27 bits per heavy atom. The third kappa shape index (κ3) is 5.64. The Balaban J connectivity index is 1.29. The lowest BCUT2D eigenvalue weighted by molar-refractivity contribution is -0.142. The number of primary amides is 1. The molecule has 3 aliphatic rings. The van der Waals surface area contributed by atoms with Gasteiger partial charge in [-0.3, -0.25) is 14.4 Å². The van der Waals surface area contributed by atoms with E-state index in [1.54, 1.807) is 13.1 Å². The summed E-state index contributed by atoms with van der Waals surface area (Å²) in [5.41, 5.74) is 6.51. The number of aryl methyl sites for hydroxylation is 1. The molecule has 1 aromatic heterocycles. The lowest BCUT2D eigenvalue weighted by Crippen LogP contribution is -2.50. The first-order valence-electron chi connectivity index (χ1n) is 13.8. The fourth-order valence-corrected chi connectivity index (χ4v) is 6.08. The molecule has 4 atom stereocenters. The number of nitrogens with one attached hydrogen (secondary N) is 2. The third-order valence-electron chi connectivity index (χ3n) is 8.32. The maximum Gasteiger partial charge on any atom is 0.408 e. The van der Waals surface area contributed by atoms with Gasteiger partial charge in [0.05, 0.1) is 5.56 Å². The van der Waals surface area contributed by atoms with Crippen molar-refractivity contribution < 1.29 is 27.6 Å². The summed E-state index contributed by atoms with van der Waals surface area (Å²) in [4.78, 5) is 44.5. The van der Waals surface area contributed by atoms with E-state index in [1.165, 1.54) is 19.1 Å². The van der Waals surface area contributed by atoms with E-state index in [0.717, 1.165) is 31.5 Å². The van der Waals surface area contributed by atoms with Crippen LogP contribution in [-0.4, -0.2) is 52.9 Å². The number of carbonyl (C=O) groups is 3. The van der Waals surface area contributed by atoms with Gasteiger partial charge < -0.3 is 21.3 Å². The summed E-state index contributed by atoms with van der Waals surface area (Å²) in [6.07, 6.45) is 2.07. The number of nitrogens with zero attached hydrogens (tertiary/aromatic N) is 2. The number of hydrogen-bond acceptors (Lipinski definition) is 6. The number of amides is 2. The lowest BCUT2D eigenvalue weighted by Gasteiger charge is -2.40. The number of piperidine rings is 1. The van der Waals surface area contributed by atoms with Crippen LogP contribution in [0.3, 0.4) is 0 Å². The Morgan fingerprint density at radius 1 is 1.07 bits per heavy atom. The van der Waals surface area contributed by atoms with Crippen molar-refractivity contribution >= 4 is 29.1 Å². The number of Topliss-reactive ketones (excluding diaryl/α,β-unsaturated/α-hetero) is 1. The minimum Gasteiger partial charge on any atom is -0.373 e. The molecule has 8 nitrogen and oxygen atoms in total. The molecule has 2 aliphatic heterocycles. The quantitative estimate of drug-likeness (QED) is 0.383. The van der Waals surface area contributed by atoms with Crippen molar-refractivity contribution in [2.24, 2.45) is 11.7 Å². The van der Waals surface area contributed by atoms with Crippen LogP contribution in [0.5, 0.6) is 0 Å². The first kappa shape index (κ1) is 27.9. The van der Waals surface area contributed by atoms with Crippen LogP contribution in [0, 0.1) is 12.8 Å². The van der Waals surface area contributed by atoms with E-state index >= 15 is 0 Å². The van der Waals surface area contributed by atoms with Gasteiger partial charge in [0.1, 0.15) is 11.9 Å². The van der Waals surface area contributed by atoms with Gasteiger partial charge in [-0.25, -0.2) is 4.98 Å². The third-order valence-corrected chi connectivity index (χ3v) is 8.32. The van der Waals surface area contributed by atoms with E-state index in [-0.39, 0.29) is 53.1 Å². The first-order valence-corrected chi connectivity index (χ1v) is 13.8. The van der Waals surface area contributed by atoms with Crippen LogP contribution in [0.2, 0.25) is 0 Å². The second-order valence-electron chi connectivity index (χ2n) is 11.2. The monoisotopic (exact) mass is 557 g/mol. The van der Waals surface area contributed by atoms with Crippen LogP contribution in [0.25, 0.3) is 0 Å². The molecule has 1 aromatic carbocycles. The molecule has 1 aliphatic carbocycles. The summed E-state index contributed by atoms with van der Waals surface area (Å²) in [5, 5.41) is 5.44. The second kappa shape index (κ2) is 10.7. The molecule has 2 saturated heterocycles. The number of pyridine rings is 1. The Morgan fingerprint density at radius 2 is 1.75 bits per heavy atom. The molecule has 0 spiro atoms. The van der Waals surface area contributed by atoms with Crippen LogP contribution < -0.4 is 21.3 Å². The number of fused-ring (bicyclic) bond motifs is 2. The van der Waals surface area contributed by atoms with Gasteiger partial charge in [0.15, 0.2) is 5.78 Å². The number of ketones is 1. The van der Waals surface area contributed by atoms with E-state index in [2.05, 4.69) is 20.5 Å². The predicted octanol–water partition coefficient (Wildman–Crippen LogP) is 4.76. The average molecular weight is 558 g/mol. The number of benzene rings is 1. The fourth-order valence-electron chi connectivity index (χ4n) is 6.08. The van der Waals surface area contributed by atoms with Crippen LogP contribution in [-0.2, 0) is 0 Å². The fraction of sp³-hybridized carbons (Fsp3) is 0.517. The summed E-state index contributed by atoms with van der Waals surface area (Å²) in [6.45, 7) is 3.01. The molecule has 3 fully saturated rings. The molecule has 2 aromatic rings. The number of alkyl halides is 3. The van der Waals surface area contributed by atoms with Crippen molar-refractivity contribution in [1.29, 1.82) is 0 Å². The zero-order valence-electron chi connectivity index (χ0n) is 22.6. The van der Waals surface area contributed by atoms with E-state index in [0.29, 0.717) is 24.0 Å². The summed E-state index contributed by atoms with van der Waals surface area (Å²) in [5.74, 6) is -0.158. The van der Waals surface area contributed by atoms with E-state index in [4.69, 9.17) is 5.73 Å². The number of hydrogen-bond donors (Lipinski definition) is 3. The highest BCUT2D eigenvalue weighted by Crippen LogP contribution is 2.39. The summed E-state index contributed by atoms with van der Waals surface area (Å²) >= 11 is 0. The van der Waals surface area contributed by atoms with Gasteiger partial charge in [-0.05, 0) is 81.7 Å². The van der Waals surface area contributed by atoms with Gasteiger partial charge in [-0.1, -0.05) is 6.92 Å². The Kier molecular flexibility index (Phi) is 7.50. The van der Waals surface area contributed by atoms with Crippen molar-refractivity contribution in [2.75, 3.05) is 10.2 Å². The SMILES string of the molecule is CCC(Nc1cc(C(=O)NC2C[C@H]3CC[C@@H](C2)N3c2ccc(C(=O)C3CC3)cn2)c(C)cc1C(N)=O)C(F)(F)F. The van der Waals surface area contributed by atoms with Crippen molar-refractivity contribution in [2.45, 2.75) is 89.1 Å². The molecule has 1 saturated carbocycles.